The molecule has 6 nitrogen and oxygen atoms in total. The average Bonchev–Trinajstić information content (AvgIpc) is 2.69. The topological polar surface area (TPSA) is 87.9 Å². The second kappa shape index (κ2) is 13.8. The summed E-state index contributed by atoms with van der Waals surface area (Å²) in [5, 5.41) is 11.2. The lowest BCUT2D eigenvalue weighted by Gasteiger charge is -2.07. The van der Waals surface area contributed by atoms with Crippen LogP contribution in [0.15, 0.2) is 41.1 Å². The van der Waals surface area contributed by atoms with E-state index in [1.54, 1.807) is 31.3 Å². The van der Waals surface area contributed by atoms with Crippen LogP contribution in [-0.2, 0) is 6.61 Å². The Labute approximate surface area is 163 Å². The molecule has 2 aromatic rings. The molecule has 0 saturated heterocycles. The smallest absolute Gasteiger partial charge is 0.270 e. The number of amides is 1. The van der Waals surface area contributed by atoms with Crippen LogP contribution >= 0.6 is 15.9 Å². The van der Waals surface area contributed by atoms with Crippen molar-refractivity contribution in [2.24, 2.45) is 0 Å². The first-order valence-corrected chi connectivity index (χ1v) is 9.28. The summed E-state index contributed by atoms with van der Waals surface area (Å²) in [7, 11) is 0. The van der Waals surface area contributed by atoms with Crippen molar-refractivity contribution in [2.45, 2.75) is 47.3 Å². The molecule has 0 aromatic carbocycles. The molecule has 1 unspecified atom stereocenters. The molecule has 0 fully saturated rings. The second-order valence-electron chi connectivity index (χ2n) is 4.46. The van der Waals surface area contributed by atoms with Crippen molar-refractivity contribution in [3.63, 3.8) is 0 Å². The van der Waals surface area contributed by atoms with Crippen molar-refractivity contribution in [3.8, 4) is 11.9 Å². The van der Waals surface area contributed by atoms with Crippen molar-refractivity contribution >= 4 is 21.8 Å². The third-order valence-electron chi connectivity index (χ3n) is 2.67. The predicted octanol–water partition coefficient (Wildman–Crippen LogP) is 4.51. The fourth-order valence-electron chi connectivity index (χ4n) is 1.57. The van der Waals surface area contributed by atoms with Crippen molar-refractivity contribution in [1.29, 1.82) is 5.26 Å². The summed E-state index contributed by atoms with van der Waals surface area (Å²) < 4.78 is 6.23. The fraction of sp³-hybridized carbons (Fsp3) is 0.368. The Morgan fingerprint density at radius 2 is 1.96 bits per heavy atom. The van der Waals surface area contributed by atoms with Crippen molar-refractivity contribution in [2.75, 3.05) is 0 Å². The molecule has 2 heterocycles. The molecule has 2 aromatic heterocycles. The number of hydrogen-bond acceptors (Lipinski definition) is 5. The zero-order chi connectivity index (χ0) is 19.9. The van der Waals surface area contributed by atoms with Crippen molar-refractivity contribution in [1.82, 2.24) is 15.3 Å². The number of ether oxygens (including phenoxy) is 1. The summed E-state index contributed by atoms with van der Waals surface area (Å²) in [4.78, 5) is 20.0. The summed E-state index contributed by atoms with van der Waals surface area (Å²) in [6, 6.07) is 10.1. The largest absolute Gasteiger partial charge is 0.473 e. The number of nitrogens with zero attached hydrogens (tertiary/aromatic N) is 3. The van der Waals surface area contributed by atoms with Gasteiger partial charge in [-0.15, -0.1) is 0 Å². The molecule has 0 aliphatic heterocycles. The van der Waals surface area contributed by atoms with Gasteiger partial charge in [0, 0.05) is 17.8 Å². The van der Waals surface area contributed by atoms with Crippen LogP contribution in [-0.4, -0.2) is 21.9 Å². The van der Waals surface area contributed by atoms with Gasteiger partial charge in [0.05, 0.1) is 6.07 Å². The van der Waals surface area contributed by atoms with Gasteiger partial charge in [-0.1, -0.05) is 39.8 Å². The minimum Gasteiger partial charge on any atom is -0.473 e. The number of carbonyl (C=O) groups excluding carboxylic acids is 1. The Hall–Kier alpha value is -2.46. The van der Waals surface area contributed by atoms with E-state index in [1.165, 1.54) is 0 Å². The SMILES string of the molecule is CC.CC.CC(C#N)NC(=O)c1ccc(COc2cccc(Br)n2)cn1. The van der Waals surface area contributed by atoms with Gasteiger partial charge in [-0.2, -0.15) is 5.26 Å². The summed E-state index contributed by atoms with van der Waals surface area (Å²) in [5.41, 5.74) is 1.07. The van der Waals surface area contributed by atoms with Gasteiger partial charge in [0.15, 0.2) is 0 Å². The molecule has 0 aliphatic rings. The summed E-state index contributed by atoms with van der Waals surface area (Å²) in [5.74, 6) is 0.120. The van der Waals surface area contributed by atoms with E-state index < -0.39 is 6.04 Å². The molecule has 0 spiro atoms. The van der Waals surface area contributed by atoms with Gasteiger partial charge < -0.3 is 10.1 Å². The molecular formula is C19H25BrN4O2. The van der Waals surface area contributed by atoms with Gasteiger partial charge in [0.2, 0.25) is 5.88 Å². The minimum atomic E-state index is -0.556. The van der Waals surface area contributed by atoms with Crippen molar-refractivity contribution in [3.05, 3.63) is 52.4 Å². The fourth-order valence-corrected chi connectivity index (χ4v) is 1.90. The molecule has 26 heavy (non-hydrogen) atoms. The second-order valence-corrected chi connectivity index (χ2v) is 5.28. The summed E-state index contributed by atoms with van der Waals surface area (Å²) in [6.45, 7) is 9.90. The molecule has 7 heteroatoms. The lowest BCUT2D eigenvalue weighted by atomic mass is 10.2. The van der Waals surface area contributed by atoms with Crippen LogP contribution in [0.4, 0.5) is 0 Å². The highest BCUT2D eigenvalue weighted by atomic mass is 79.9. The molecule has 1 N–H and O–H groups in total. The van der Waals surface area contributed by atoms with Gasteiger partial charge in [-0.3, -0.25) is 9.78 Å². The van der Waals surface area contributed by atoms with Crippen LogP contribution in [0.25, 0.3) is 0 Å². The van der Waals surface area contributed by atoms with E-state index in [1.807, 2.05) is 45.9 Å². The van der Waals surface area contributed by atoms with Gasteiger partial charge >= 0.3 is 0 Å². The van der Waals surface area contributed by atoms with E-state index in [4.69, 9.17) is 10.00 Å². The number of hydrogen-bond donors (Lipinski definition) is 1. The molecule has 2 rings (SSSR count). The maximum atomic E-state index is 11.8. The molecule has 0 radical (unpaired) electrons. The minimum absolute atomic E-state index is 0.256. The Bertz CT molecular complexity index is 699. The molecule has 0 saturated carbocycles. The number of rotatable bonds is 5. The van der Waals surface area contributed by atoms with Crippen molar-refractivity contribution < 1.29 is 9.53 Å². The number of pyridine rings is 2. The van der Waals surface area contributed by atoms with Gasteiger partial charge in [0.25, 0.3) is 5.91 Å². The standard InChI is InChI=1S/C15H13BrN4O2.2C2H6/c1-10(7-17)19-15(21)12-6-5-11(8-18-12)9-22-14-4-2-3-13(16)20-14;2*1-2/h2-6,8,10H,9H2,1H3,(H,19,21);2*1-2H3. The molecule has 1 amide bonds. The van der Waals surface area contributed by atoms with Gasteiger partial charge in [-0.05, 0) is 35.0 Å². The number of aromatic nitrogens is 2. The van der Waals surface area contributed by atoms with E-state index >= 15 is 0 Å². The monoisotopic (exact) mass is 420 g/mol. The number of halogens is 1. The van der Waals surface area contributed by atoms with Crippen LogP contribution in [0.3, 0.4) is 0 Å². The Morgan fingerprint density at radius 3 is 2.50 bits per heavy atom. The molecule has 0 bridgehead atoms. The molecule has 1 atom stereocenters. The van der Waals surface area contributed by atoms with E-state index in [9.17, 15) is 4.79 Å². The number of nitriles is 1. The molecular weight excluding hydrogens is 396 g/mol. The van der Waals surface area contributed by atoms with Gasteiger partial charge in [-0.25, -0.2) is 4.98 Å². The van der Waals surface area contributed by atoms with Crippen LogP contribution in [0.1, 0.15) is 50.7 Å². The maximum absolute atomic E-state index is 11.8. The first-order valence-electron chi connectivity index (χ1n) is 8.49. The lowest BCUT2D eigenvalue weighted by Crippen LogP contribution is -2.31. The van der Waals surface area contributed by atoms with Crippen LogP contribution in [0, 0.1) is 11.3 Å². The van der Waals surface area contributed by atoms with Crippen LogP contribution < -0.4 is 10.1 Å². The Kier molecular flexibility index (Phi) is 12.5. The highest BCUT2D eigenvalue weighted by Gasteiger charge is 2.10. The van der Waals surface area contributed by atoms with Crippen LogP contribution in [0.2, 0.25) is 0 Å². The number of carbonyl (C=O) groups is 1. The van der Waals surface area contributed by atoms with Crippen LogP contribution in [0.5, 0.6) is 5.88 Å². The normalized spacial score (nSPS) is 10.0. The first-order chi connectivity index (χ1) is 12.6. The zero-order valence-corrected chi connectivity index (χ0v) is 17.4. The third-order valence-corrected chi connectivity index (χ3v) is 3.12. The van der Waals surface area contributed by atoms with E-state index in [-0.39, 0.29) is 11.6 Å². The lowest BCUT2D eigenvalue weighted by molar-refractivity contribution is 0.0942. The highest BCUT2D eigenvalue weighted by molar-refractivity contribution is 9.10. The number of nitrogens with one attached hydrogen (secondary N) is 1. The van der Waals surface area contributed by atoms with E-state index in [0.717, 1.165) is 5.56 Å². The Balaban J connectivity index is 0.00000146. The molecule has 140 valence electrons. The zero-order valence-electron chi connectivity index (χ0n) is 15.8. The highest BCUT2D eigenvalue weighted by Crippen LogP contribution is 2.13. The third kappa shape index (κ3) is 8.58. The average molecular weight is 421 g/mol. The van der Waals surface area contributed by atoms with E-state index in [2.05, 4.69) is 31.2 Å². The molecule has 0 aliphatic carbocycles. The quantitative estimate of drug-likeness (QED) is 0.718. The summed E-state index contributed by atoms with van der Waals surface area (Å²) in [6.07, 6.45) is 1.56. The van der Waals surface area contributed by atoms with E-state index in [0.29, 0.717) is 17.1 Å². The first kappa shape index (κ1) is 23.5. The van der Waals surface area contributed by atoms with Gasteiger partial charge in [0.1, 0.15) is 22.9 Å². The maximum Gasteiger partial charge on any atom is 0.270 e. The summed E-state index contributed by atoms with van der Waals surface area (Å²) >= 11 is 3.27. The Morgan fingerprint density at radius 1 is 1.27 bits per heavy atom. The predicted molar refractivity (Wildman–Crippen MR) is 106 cm³/mol.